The number of hydrogen-bond acceptors (Lipinski definition) is 5. The van der Waals surface area contributed by atoms with Crippen LogP contribution in [0.3, 0.4) is 0 Å². The molecule has 3 heterocycles. The number of rotatable bonds is 4. The summed E-state index contributed by atoms with van der Waals surface area (Å²) in [6.07, 6.45) is 4.33. The second-order valence-electron chi connectivity index (χ2n) is 6.32. The number of fused-ring (bicyclic) bond motifs is 3. The summed E-state index contributed by atoms with van der Waals surface area (Å²) in [7, 11) is 0. The van der Waals surface area contributed by atoms with E-state index in [4.69, 9.17) is 5.10 Å². The molecule has 7 nitrogen and oxygen atoms in total. The van der Waals surface area contributed by atoms with Gasteiger partial charge in [0.1, 0.15) is 0 Å². The van der Waals surface area contributed by atoms with Gasteiger partial charge >= 0.3 is 0 Å². The number of hydrogen-bond donors (Lipinski definition) is 2. The van der Waals surface area contributed by atoms with Crippen molar-refractivity contribution in [2.75, 3.05) is 5.32 Å². The first kappa shape index (κ1) is 16.7. The van der Waals surface area contributed by atoms with Gasteiger partial charge in [-0.05, 0) is 25.3 Å². The normalized spacial score (nSPS) is 12.5. The highest BCUT2D eigenvalue weighted by molar-refractivity contribution is 7.19. The van der Waals surface area contributed by atoms with E-state index in [0.717, 1.165) is 53.3 Å². The molecule has 0 unspecified atom stereocenters. The molecular weight excluding hydrogens is 350 g/mol. The number of aromatic nitrogens is 4. The van der Waals surface area contributed by atoms with Gasteiger partial charge in [0.2, 0.25) is 11.5 Å². The topological polar surface area (TPSA) is 92.7 Å². The maximum Gasteiger partial charge on any atom is 0.247 e. The van der Waals surface area contributed by atoms with E-state index >= 15 is 0 Å². The highest BCUT2D eigenvalue weighted by atomic mass is 32.1. The van der Waals surface area contributed by atoms with E-state index in [-0.39, 0.29) is 11.5 Å². The van der Waals surface area contributed by atoms with Gasteiger partial charge < -0.3 is 10.3 Å². The molecule has 0 saturated carbocycles. The standard InChI is InChI=1S/C18H19N5O2S/c1-3-8-23-16-12(15(22-23)11-4-7-14(25)19-9-11)5-6-13-17(16)26-18(21-13)20-10(2)24/h4,7,9H,3,5-6,8H2,1-2H3,(H,19,25)(H,20,21,24). The van der Waals surface area contributed by atoms with Crippen molar-refractivity contribution < 1.29 is 4.79 Å². The van der Waals surface area contributed by atoms with Crippen LogP contribution in [0.4, 0.5) is 5.13 Å². The first-order chi connectivity index (χ1) is 12.6. The summed E-state index contributed by atoms with van der Waals surface area (Å²) < 4.78 is 2.03. The summed E-state index contributed by atoms with van der Waals surface area (Å²) in [6, 6.07) is 3.33. The molecule has 134 valence electrons. The highest BCUT2D eigenvalue weighted by Gasteiger charge is 2.29. The second-order valence-corrected chi connectivity index (χ2v) is 7.32. The van der Waals surface area contributed by atoms with E-state index in [2.05, 4.69) is 22.2 Å². The number of thiazole rings is 1. The monoisotopic (exact) mass is 369 g/mol. The average molecular weight is 369 g/mol. The maximum atomic E-state index is 11.4. The molecule has 0 spiro atoms. The predicted molar refractivity (Wildman–Crippen MR) is 101 cm³/mol. The molecule has 3 aromatic heterocycles. The lowest BCUT2D eigenvalue weighted by Gasteiger charge is -2.13. The van der Waals surface area contributed by atoms with Crippen molar-refractivity contribution in [1.82, 2.24) is 19.7 Å². The van der Waals surface area contributed by atoms with Crippen molar-refractivity contribution in [2.24, 2.45) is 0 Å². The molecule has 2 N–H and O–H groups in total. The summed E-state index contributed by atoms with van der Waals surface area (Å²) >= 11 is 1.50. The maximum absolute atomic E-state index is 11.4. The van der Waals surface area contributed by atoms with Crippen LogP contribution < -0.4 is 10.9 Å². The van der Waals surface area contributed by atoms with E-state index in [0.29, 0.717) is 5.13 Å². The van der Waals surface area contributed by atoms with Crippen LogP contribution in [0.25, 0.3) is 21.8 Å². The molecular formula is C18H19N5O2S. The Morgan fingerprint density at radius 3 is 2.92 bits per heavy atom. The summed E-state index contributed by atoms with van der Waals surface area (Å²) in [5.41, 5.74) is 4.96. The van der Waals surface area contributed by atoms with Gasteiger partial charge in [-0.2, -0.15) is 5.10 Å². The molecule has 0 bridgehead atoms. The molecule has 4 rings (SSSR count). The Morgan fingerprint density at radius 1 is 1.38 bits per heavy atom. The molecule has 26 heavy (non-hydrogen) atoms. The Hall–Kier alpha value is -2.74. The first-order valence-corrected chi connectivity index (χ1v) is 9.45. The van der Waals surface area contributed by atoms with Crippen LogP contribution in [0.15, 0.2) is 23.1 Å². The predicted octanol–water partition coefficient (Wildman–Crippen LogP) is 2.83. The number of aromatic amines is 1. The zero-order valence-electron chi connectivity index (χ0n) is 14.6. The Bertz CT molecular complexity index is 1030. The SMILES string of the molecule is CCCn1nc(-c2ccc(=O)[nH]c2)c2c1-c1sc(NC(C)=O)nc1CC2. The molecule has 1 aliphatic rings. The third-order valence-electron chi connectivity index (χ3n) is 4.35. The summed E-state index contributed by atoms with van der Waals surface area (Å²) in [5.74, 6) is -0.118. The number of carbonyl (C=O) groups excluding carboxylic acids is 1. The third kappa shape index (κ3) is 2.86. The van der Waals surface area contributed by atoms with Gasteiger partial charge in [0, 0.05) is 36.9 Å². The van der Waals surface area contributed by atoms with Gasteiger partial charge in [0.15, 0.2) is 5.13 Å². The van der Waals surface area contributed by atoms with E-state index < -0.39 is 0 Å². The highest BCUT2D eigenvalue weighted by Crippen LogP contribution is 2.43. The Balaban J connectivity index is 1.86. The van der Waals surface area contributed by atoms with Crippen LogP contribution in [0, 0.1) is 0 Å². The molecule has 0 aromatic carbocycles. The number of anilines is 1. The molecule has 0 saturated heterocycles. The third-order valence-corrected chi connectivity index (χ3v) is 5.37. The molecule has 1 amide bonds. The lowest BCUT2D eigenvalue weighted by molar-refractivity contribution is -0.114. The number of amides is 1. The minimum Gasteiger partial charge on any atom is -0.328 e. The number of aryl methyl sites for hydroxylation is 2. The largest absolute Gasteiger partial charge is 0.328 e. The van der Waals surface area contributed by atoms with Gasteiger partial charge in [-0.25, -0.2) is 4.98 Å². The van der Waals surface area contributed by atoms with Gasteiger partial charge in [0.05, 0.1) is 22.0 Å². The number of carbonyl (C=O) groups is 1. The lowest BCUT2D eigenvalue weighted by Crippen LogP contribution is -2.07. The van der Waals surface area contributed by atoms with Crippen LogP contribution in [-0.4, -0.2) is 25.7 Å². The molecule has 0 radical (unpaired) electrons. The van der Waals surface area contributed by atoms with E-state index in [1.54, 1.807) is 6.20 Å². The quantitative estimate of drug-likeness (QED) is 0.740. The van der Waals surface area contributed by atoms with E-state index in [9.17, 15) is 9.59 Å². The van der Waals surface area contributed by atoms with Gasteiger partial charge in [0.25, 0.3) is 0 Å². The molecule has 3 aromatic rings. The summed E-state index contributed by atoms with van der Waals surface area (Å²) in [6.45, 7) is 4.41. The van der Waals surface area contributed by atoms with Gasteiger partial charge in [-0.15, -0.1) is 0 Å². The minimum atomic E-state index is -0.125. The average Bonchev–Trinajstić information content (AvgIpc) is 3.16. The van der Waals surface area contributed by atoms with Crippen LogP contribution in [0.5, 0.6) is 0 Å². The van der Waals surface area contributed by atoms with Crippen molar-refractivity contribution in [3.63, 3.8) is 0 Å². The lowest BCUT2D eigenvalue weighted by atomic mass is 9.95. The van der Waals surface area contributed by atoms with E-state index in [1.165, 1.54) is 29.9 Å². The summed E-state index contributed by atoms with van der Waals surface area (Å²) in [5, 5.41) is 8.25. The van der Waals surface area contributed by atoms with Gasteiger partial charge in [-0.1, -0.05) is 18.3 Å². The summed E-state index contributed by atoms with van der Waals surface area (Å²) in [4.78, 5) is 31.1. The molecule has 0 fully saturated rings. The van der Waals surface area contributed by atoms with Crippen molar-refractivity contribution in [1.29, 1.82) is 0 Å². The Kier molecular flexibility index (Phi) is 4.20. The fraction of sp³-hybridized carbons (Fsp3) is 0.333. The molecule has 1 aliphatic carbocycles. The number of H-pyrrole nitrogens is 1. The fourth-order valence-corrected chi connectivity index (χ4v) is 4.44. The number of pyridine rings is 1. The molecule has 0 aliphatic heterocycles. The van der Waals surface area contributed by atoms with Crippen LogP contribution in [0.2, 0.25) is 0 Å². The first-order valence-electron chi connectivity index (χ1n) is 8.63. The van der Waals surface area contributed by atoms with Gasteiger partial charge in [-0.3, -0.25) is 14.3 Å². The zero-order valence-corrected chi connectivity index (χ0v) is 15.4. The van der Waals surface area contributed by atoms with E-state index in [1.807, 2.05) is 10.7 Å². The van der Waals surface area contributed by atoms with Crippen LogP contribution in [0.1, 0.15) is 31.5 Å². The van der Waals surface area contributed by atoms with Crippen LogP contribution in [-0.2, 0) is 24.2 Å². The minimum absolute atomic E-state index is 0.118. The van der Waals surface area contributed by atoms with Crippen molar-refractivity contribution >= 4 is 22.4 Å². The molecule has 8 heteroatoms. The Morgan fingerprint density at radius 2 is 2.23 bits per heavy atom. The fourth-order valence-electron chi connectivity index (χ4n) is 3.31. The molecule has 0 atom stereocenters. The van der Waals surface area contributed by atoms with Crippen molar-refractivity contribution in [3.8, 4) is 21.8 Å². The number of nitrogens with one attached hydrogen (secondary N) is 2. The zero-order chi connectivity index (χ0) is 18.3. The Labute approximate surface area is 154 Å². The van der Waals surface area contributed by atoms with Crippen molar-refractivity contribution in [3.05, 3.63) is 39.9 Å². The second kappa shape index (κ2) is 6.53. The van der Waals surface area contributed by atoms with Crippen molar-refractivity contribution in [2.45, 2.75) is 39.7 Å². The number of nitrogens with zero attached hydrogens (tertiary/aromatic N) is 3. The van der Waals surface area contributed by atoms with Crippen LogP contribution >= 0.6 is 11.3 Å². The smallest absolute Gasteiger partial charge is 0.247 e.